The van der Waals surface area contributed by atoms with Gasteiger partial charge < -0.3 is 10.6 Å². The number of carbonyl (C=O) groups is 1. The predicted molar refractivity (Wildman–Crippen MR) is 92.8 cm³/mol. The molecule has 0 bridgehead atoms. The molecule has 24 heavy (non-hydrogen) atoms. The molecule has 3 aromatic rings. The normalized spacial score (nSPS) is 10.4. The summed E-state index contributed by atoms with van der Waals surface area (Å²) in [5.74, 6) is -0.532. The highest BCUT2D eigenvalue weighted by molar-refractivity contribution is 6.01. The van der Waals surface area contributed by atoms with Crippen molar-refractivity contribution in [1.82, 2.24) is 9.97 Å². The number of halogens is 1. The quantitative estimate of drug-likeness (QED) is 0.714. The Morgan fingerprint density at radius 2 is 2.08 bits per heavy atom. The summed E-state index contributed by atoms with van der Waals surface area (Å²) in [6, 6.07) is 10.6. The van der Waals surface area contributed by atoms with Gasteiger partial charge >= 0.3 is 0 Å². The lowest BCUT2D eigenvalue weighted by molar-refractivity contribution is -0.111. The minimum atomic E-state index is -0.571. The highest BCUT2D eigenvalue weighted by Gasteiger charge is 2.11. The SMILES string of the molecule is C=CC(=O)Nc1cc2c(Nc3cccc(C)c3)ncnc2cc1F. The number of hydrogen-bond donors (Lipinski definition) is 2. The van der Waals surface area contributed by atoms with Gasteiger partial charge in [-0.2, -0.15) is 0 Å². The first-order valence-corrected chi connectivity index (χ1v) is 7.28. The largest absolute Gasteiger partial charge is 0.340 e. The number of hydrogen-bond acceptors (Lipinski definition) is 4. The van der Waals surface area contributed by atoms with Crippen molar-refractivity contribution in [3.05, 3.63) is 66.8 Å². The van der Waals surface area contributed by atoms with Gasteiger partial charge in [0.2, 0.25) is 5.91 Å². The van der Waals surface area contributed by atoms with E-state index < -0.39 is 11.7 Å². The fourth-order valence-corrected chi connectivity index (χ4v) is 2.32. The van der Waals surface area contributed by atoms with E-state index in [2.05, 4.69) is 27.2 Å². The molecule has 1 aromatic heterocycles. The highest BCUT2D eigenvalue weighted by atomic mass is 19.1. The molecule has 3 rings (SSSR count). The Bertz CT molecular complexity index is 939. The van der Waals surface area contributed by atoms with Crippen LogP contribution in [0.1, 0.15) is 5.56 Å². The molecule has 0 atom stereocenters. The molecule has 0 aliphatic heterocycles. The molecule has 0 radical (unpaired) electrons. The number of nitrogens with zero attached hydrogens (tertiary/aromatic N) is 2. The van der Waals surface area contributed by atoms with Crippen LogP contribution in [0.15, 0.2) is 55.4 Å². The van der Waals surface area contributed by atoms with Gasteiger partial charge in [0.05, 0.1) is 11.2 Å². The summed E-state index contributed by atoms with van der Waals surface area (Å²) in [6.45, 7) is 5.35. The topological polar surface area (TPSA) is 66.9 Å². The second-order valence-corrected chi connectivity index (χ2v) is 5.26. The summed E-state index contributed by atoms with van der Waals surface area (Å²) >= 11 is 0. The number of aromatic nitrogens is 2. The van der Waals surface area contributed by atoms with E-state index in [-0.39, 0.29) is 5.69 Å². The van der Waals surface area contributed by atoms with E-state index in [4.69, 9.17) is 0 Å². The molecule has 0 saturated carbocycles. The molecule has 1 amide bonds. The monoisotopic (exact) mass is 322 g/mol. The molecule has 120 valence electrons. The molecule has 2 aromatic carbocycles. The van der Waals surface area contributed by atoms with Crippen LogP contribution in [-0.2, 0) is 4.79 Å². The average molecular weight is 322 g/mol. The lowest BCUT2D eigenvalue weighted by Gasteiger charge is -2.11. The maximum Gasteiger partial charge on any atom is 0.247 e. The van der Waals surface area contributed by atoms with Crippen molar-refractivity contribution in [3.63, 3.8) is 0 Å². The zero-order chi connectivity index (χ0) is 17.1. The number of fused-ring (bicyclic) bond motifs is 1. The van der Waals surface area contributed by atoms with E-state index in [1.54, 1.807) is 0 Å². The molecule has 2 N–H and O–H groups in total. The van der Waals surface area contributed by atoms with Crippen molar-refractivity contribution in [1.29, 1.82) is 0 Å². The fraction of sp³-hybridized carbons (Fsp3) is 0.0556. The first-order chi connectivity index (χ1) is 11.6. The summed E-state index contributed by atoms with van der Waals surface area (Å²) in [7, 11) is 0. The van der Waals surface area contributed by atoms with Crippen LogP contribution in [0.4, 0.5) is 21.6 Å². The van der Waals surface area contributed by atoms with Gasteiger partial charge in [0.15, 0.2) is 0 Å². The summed E-state index contributed by atoms with van der Waals surface area (Å²) in [5, 5.41) is 6.23. The smallest absolute Gasteiger partial charge is 0.247 e. The van der Waals surface area contributed by atoms with Crippen LogP contribution in [0.5, 0.6) is 0 Å². The van der Waals surface area contributed by atoms with Crippen molar-refractivity contribution in [2.45, 2.75) is 6.92 Å². The Balaban J connectivity index is 2.06. The van der Waals surface area contributed by atoms with E-state index in [0.29, 0.717) is 16.7 Å². The van der Waals surface area contributed by atoms with Crippen molar-refractivity contribution in [3.8, 4) is 0 Å². The third kappa shape index (κ3) is 3.22. The number of anilines is 3. The Morgan fingerprint density at radius 3 is 2.83 bits per heavy atom. The molecule has 0 spiro atoms. The standard InChI is InChI=1S/C18H15FN4O/c1-3-17(24)23-16-8-13-15(9-14(16)19)20-10-21-18(13)22-12-6-4-5-11(2)7-12/h3-10H,1H2,2H3,(H,23,24)(H,20,21,22). The summed E-state index contributed by atoms with van der Waals surface area (Å²) in [5.41, 5.74) is 2.45. The Morgan fingerprint density at radius 1 is 1.25 bits per heavy atom. The van der Waals surface area contributed by atoms with Crippen LogP contribution in [0.2, 0.25) is 0 Å². The van der Waals surface area contributed by atoms with Crippen molar-refractivity contribution >= 4 is 34.0 Å². The molecule has 1 heterocycles. The number of benzene rings is 2. The molecule has 0 unspecified atom stereocenters. The molecule has 0 fully saturated rings. The van der Waals surface area contributed by atoms with E-state index in [1.165, 1.54) is 18.5 Å². The Hall–Kier alpha value is -3.28. The maximum atomic E-state index is 14.1. The minimum Gasteiger partial charge on any atom is -0.340 e. The predicted octanol–water partition coefficient (Wildman–Crippen LogP) is 3.95. The Kier molecular flexibility index (Phi) is 4.20. The van der Waals surface area contributed by atoms with Crippen LogP contribution >= 0.6 is 0 Å². The second-order valence-electron chi connectivity index (χ2n) is 5.26. The lowest BCUT2D eigenvalue weighted by atomic mass is 10.2. The molecule has 0 saturated heterocycles. The first-order valence-electron chi connectivity index (χ1n) is 7.28. The van der Waals surface area contributed by atoms with Crippen LogP contribution in [0.3, 0.4) is 0 Å². The number of nitrogens with one attached hydrogen (secondary N) is 2. The molecular formula is C18H15FN4O. The van der Waals surface area contributed by atoms with Crippen LogP contribution in [0.25, 0.3) is 10.9 Å². The van der Waals surface area contributed by atoms with E-state index in [9.17, 15) is 9.18 Å². The minimum absolute atomic E-state index is 0.0505. The van der Waals surface area contributed by atoms with E-state index in [0.717, 1.165) is 17.3 Å². The zero-order valence-electron chi connectivity index (χ0n) is 13.0. The van der Waals surface area contributed by atoms with Gasteiger partial charge in [0.1, 0.15) is 18.0 Å². The number of rotatable bonds is 4. The Labute approximate surface area is 138 Å². The third-order valence-electron chi connectivity index (χ3n) is 3.45. The highest BCUT2D eigenvalue weighted by Crippen LogP contribution is 2.28. The van der Waals surface area contributed by atoms with Gasteiger partial charge in [0, 0.05) is 17.1 Å². The molecule has 0 aliphatic rings. The zero-order valence-corrected chi connectivity index (χ0v) is 13.0. The van der Waals surface area contributed by atoms with Crippen LogP contribution in [-0.4, -0.2) is 15.9 Å². The number of amides is 1. The fourth-order valence-electron chi connectivity index (χ4n) is 2.32. The summed E-state index contributed by atoms with van der Waals surface area (Å²) in [4.78, 5) is 19.7. The van der Waals surface area contributed by atoms with E-state index in [1.807, 2.05) is 31.2 Å². The maximum absolute atomic E-state index is 14.1. The van der Waals surface area contributed by atoms with Gasteiger partial charge in [-0.25, -0.2) is 14.4 Å². The van der Waals surface area contributed by atoms with Crippen molar-refractivity contribution < 1.29 is 9.18 Å². The molecule has 5 nitrogen and oxygen atoms in total. The number of aryl methyl sites for hydroxylation is 1. The van der Waals surface area contributed by atoms with Gasteiger partial charge in [-0.05, 0) is 36.8 Å². The molecule has 6 heteroatoms. The third-order valence-corrected chi connectivity index (χ3v) is 3.45. The summed E-state index contributed by atoms with van der Waals surface area (Å²) in [6.07, 6.45) is 2.44. The van der Waals surface area contributed by atoms with Gasteiger partial charge in [-0.1, -0.05) is 18.7 Å². The van der Waals surface area contributed by atoms with Gasteiger partial charge in [-0.15, -0.1) is 0 Å². The van der Waals surface area contributed by atoms with Crippen molar-refractivity contribution in [2.24, 2.45) is 0 Å². The van der Waals surface area contributed by atoms with Gasteiger partial charge in [-0.3, -0.25) is 4.79 Å². The number of carbonyl (C=O) groups excluding carboxylic acids is 1. The lowest BCUT2D eigenvalue weighted by Crippen LogP contribution is -2.09. The first kappa shape index (κ1) is 15.6. The average Bonchev–Trinajstić information content (AvgIpc) is 2.56. The van der Waals surface area contributed by atoms with Crippen LogP contribution < -0.4 is 10.6 Å². The summed E-state index contributed by atoms with van der Waals surface area (Å²) < 4.78 is 14.1. The van der Waals surface area contributed by atoms with E-state index >= 15 is 0 Å². The van der Waals surface area contributed by atoms with Crippen LogP contribution in [0, 0.1) is 12.7 Å². The van der Waals surface area contributed by atoms with Gasteiger partial charge in [0.25, 0.3) is 0 Å². The molecular weight excluding hydrogens is 307 g/mol. The second kappa shape index (κ2) is 6.45. The van der Waals surface area contributed by atoms with Crippen molar-refractivity contribution in [2.75, 3.05) is 10.6 Å². The molecule has 0 aliphatic carbocycles.